The number of para-hydroxylation sites is 1. The molecule has 0 aliphatic heterocycles. The van der Waals surface area contributed by atoms with E-state index in [2.05, 4.69) is 36.4 Å². The van der Waals surface area contributed by atoms with Crippen LogP contribution in [0, 0.1) is 5.92 Å². The van der Waals surface area contributed by atoms with Gasteiger partial charge in [-0.05, 0) is 30.0 Å². The van der Waals surface area contributed by atoms with Crippen molar-refractivity contribution >= 4 is 21.9 Å². The molecule has 0 spiro atoms. The summed E-state index contributed by atoms with van der Waals surface area (Å²) in [6, 6.07) is 15.1. The Kier molecular flexibility index (Phi) is 2.99. The van der Waals surface area contributed by atoms with Crippen LogP contribution in [0.25, 0.3) is 21.9 Å². The normalized spacial score (nSPS) is 17.0. The standard InChI is InChI=1S/C19H20O/c1-2-6-14(7-3-1)12-15-10-11-17-16-8-4-5-9-18(16)20-19(17)13-15/h4-5,8-11,13-14H,1-3,6-7,12H2. The van der Waals surface area contributed by atoms with Gasteiger partial charge in [0.05, 0.1) is 0 Å². The molecule has 1 aliphatic rings. The molecule has 0 unspecified atom stereocenters. The molecule has 20 heavy (non-hydrogen) atoms. The molecule has 0 amide bonds. The summed E-state index contributed by atoms with van der Waals surface area (Å²) >= 11 is 0. The number of fused-ring (bicyclic) bond motifs is 3. The molecule has 0 atom stereocenters. The van der Waals surface area contributed by atoms with Crippen molar-refractivity contribution in [1.82, 2.24) is 0 Å². The Hall–Kier alpha value is -1.76. The largest absolute Gasteiger partial charge is 0.456 e. The fraction of sp³-hybridized carbons (Fsp3) is 0.368. The summed E-state index contributed by atoms with van der Waals surface area (Å²) in [6.45, 7) is 0. The smallest absolute Gasteiger partial charge is 0.135 e. The second-order valence-corrected chi connectivity index (χ2v) is 6.14. The van der Waals surface area contributed by atoms with E-state index in [1.54, 1.807) is 0 Å². The predicted molar refractivity (Wildman–Crippen MR) is 84.0 cm³/mol. The van der Waals surface area contributed by atoms with Crippen molar-refractivity contribution in [2.45, 2.75) is 38.5 Å². The summed E-state index contributed by atoms with van der Waals surface area (Å²) in [6.07, 6.45) is 8.28. The zero-order valence-corrected chi connectivity index (χ0v) is 11.8. The SMILES string of the molecule is c1ccc2c(c1)oc1cc(CC3CCCCC3)ccc12. The van der Waals surface area contributed by atoms with Crippen molar-refractivity contribution in [1.29, 1.82) is 0 Å². The molecule has 1 fully saturated rings. The van der Waals surface area contributed by atoms with Crippen molar-refractivity contribution in [2.24, 2.45) is 5.92 Å². The van der Waals surface area contributed by atoms with Gasteiger partial charge in [-0.25, -0.2) is 0 Å². The molecule has 3 aromatic rings. The lowest BCUT2D eigenvalue weighted by molar-refractivity contribution is 0.356. The van der Waals surface area contributed by atoms with Crippen molar-refractivity contribution in [3.05, 3.63) is 48.0 Å². The van der Waals surface area contributed by atoms with Crippen molar-refractivity contribution in [2.75, 3.05) is 0 Å². The molecule has 1 heterocycles. The number of rotatable bonds is 2. The number of hydrogen-bond donors (Lipinski definition) is 0. The van der Waals surface area contributed by atoms with Crippen LogP contribution in [0.1, 0.15) is 37.7 Å². The molecule has 1 aromatic heterocycles. The van der Waals surface area contributed by atoms with Crippen LogP contribution in [-0.2, 0) is 6.42 Å². The highest BCUT2D eigenvalue weighted by atomic mass is 16.3. The first kappa shape index (κ1) is 12.0. The Morgan fingerprint density at radius 1 is 0.850 bits per heavy atom. The van der Waals surface area contributed by atoms with E-state index in [1.807, 2.05) is 6.07 Å². The first-order chi connectivity index (χ1) is 9.90. The lowest BCUT2D eigenvalue weighted by Gasteiger charge is -2.21. The van der Waals surface area contributed by atoms with Crippen LogP contribution in [0.15, 0.2) is 46.9 Å². The number of hydrogen-bond acceptors (Lipinski definition) is 1. The molecule has 4 rings (SSSR count). The maximum Gasteiger partial charge on any atom is 0.135 e. The van der Waals surface area contributed by atoms with E-state index in [0.29, 0.717) is 0 Å². The molecule has 0 radical (unpaired) electrons. The molecule has 0 N–H and O–H groups in total. The van der Waals surface area contributed by atoms with Gasteiger partial charge in [-0.2, -0.15) is 0 Å². The summed E-state index contributed by atoms with van der Waals surface area (Å²) in [5.41, 5.74) is 3.47. The van der Waals surface area contributed by atoms with E-state index in [9.17, 15) is 0 Å². The Labute approximate surface area is 119 Å². The van der Waals surface area contributed by atoms with E-state index in [4.69, 9.17) is 4.42 Å². The van der Waals surface area contributed by atoms with Gasteiger partial charge in [0, 0.05) is 10.8 Å². The third-order valence-electron chi connectivity index (χ3n) is 4.69. The second-order valence-electron chi connectivity index (χ2n) is 6.14. The van der Waals surface area contributed by atoms with Crippen LogP contribution in [0.5, 0.6) is 0 Å². The van der Waals surface area contributed by atoms with E-state index < -0.39 is 0 Å². The van der Waals surface area contributed by atoms with Gasteiger partial charge in [0.1, 0.15) is 11.2 Å². The molecular formula is C19H20O. The lowest BCUT2D eigenvalue weighted by atomic mass is 9.85. The van der Waals surface area contributed by atoms with Gasteiger partial charge in [0.25, 0.3) is 0 Å². The first-order valence-corrected chi connectivity index (χ1v) is 7.80. The van der Waals surface area contributed by atoms with Crippen LogP contribution < -0.4 is 0 Å². The van der Waals surface area contributed by atoms with Crippen LogP contribution in [0.3, 0.4) is 0 Å². The predicted octanol–water partition coefficient (Wildman–Crippen LogP) is 5.71. The highest BCUT2D eigenvalue weighted by Crippen LogP contribution is 2.31. The molecule has 1 saturated carbocycles. The minimum atomic E-state index is 0.880. The van der Waals surface area contributed by atoms with Crippen molar-refractivity contribution < 1.29 is 4.42 Å². The maximum absolute atomic E-state index is 5.98. The number of furan rings is 1. The van der Waals surface area contributed by atoms with Crippen LogP contribution in [0.2, 0.25) is 0 Å². The van der Waals surface area contributed by atoms with E-state index in [1.165, 1.54) is 54.9 Å². The Bertz CT molecular complexity index is 732. The third kappa shape index (κ3) is 2.11. The van der Waals surface area contributed by atoms with E-state index >= 15 is 0 Å². The molecule has 102 valence electrons. The van der Waals surface area contributed by atoms with Gasteiger partial charge in [-0.1, -0.05) is 62.4 Å². The number of benzene rings is 2. The molecule has 1 heteroatoms. The zero-order chi connectivity index (χ0) is 13.4. The van der Waals surface area contributed by atoms with Crippen molar-refractivity contribution in [3.63, 3.8) is 0 Å². The van der Waals surface area contributed by atoms with Gasteiger partial charge in [0.2, 0.25) is 0 Å². The summed E-state index contributed by atoms with van der Waals surface area (Å²) in [5, 5.41) is 2.47. The highest BCUT2D eigenvalue weighted by Gasteiger charge is 2.15. The summed E-state index contributed by atoms with van der Waals surface area (Å²) in [5.74, 6) is 0.880. The van der Waals surface area contributed by atoms with Gasteiger partial charge in [0.15, 0.2) is 0 Å². The Balaban J connectivity index is 1.69. The molecule has 1 nitrogen and oxygen atoms in total. The molecule has 2 aromatic carbocycles. The fourth-order valence-corrected chi connectivity index (χ4v) is 3.62. The van der Waals surface area contributed by atoms with Gasteiger partial charge >= 0.3 is 0 Å². The van der Waals surface area contributed by atoms with Crippen LogP contribution in [0.4, 0.5) is 0 Å². The monoisotopic (exact) mass is 264 g/mol. The summed E-state index contributed by atoms with van der Waals surface area (Å²) < 4.78 is 5.98. The molecular weight excluding hydrogens is 244 g/mol. The van der Waals surface area contributed by atoms with E-state index in [-0.39, 0.29) is 0 Å². The minimum Gasteiger partial charge on any atom is -0.456 e. The molecule has 0 saturated heterocycles. The Morgan fingerprint density at radius 3 is 2.55 bits per heavy atom. The summed E-state index contributed by atoms with van der Waals surface area (Å²) in [4.78, 5) is 0. The molecule has 0 bridgehead atoms. The Morgan fingerprint density at radius 2 is 1.65 bits per heavy atom. The average molecular weight is 264 g/mol. The average Bonchev–Trinajstić information content (AvgIpc) is 2.86. The topological polar surface area (TPSA) is 13.1 Å². The van der Waals surface area contributed by atoms with E-state index in [0.717, 1.165) is 17.1 Å². The second kappa shape index (κ2) is 4.97. The minimum absolute atomic E-state index is 0.880. The third-order valence-corrected chi connectivity index (χ3v) is 4.69. The first-order valence-electron chi connectivity index (χ1n) is 7.80. The van der Waals surface area contributed by atoms with Gasteiger partial charge in [-0.15, -0.1) is 0 Å². The van der Waals surface area contributed by atoms with Crippen LogP contribution >= 0.6 is 0 Å². The fourth-order valence-electron chi connectivity index (χ4n) is 3.62. The van der Waals surface area contributed by atoms with Gasteiger partial charge in [-0.3, -0.25) is 0 Å². The maximum atomic E-state index is 5.98. The molecule has 1 aliphatic carbocycles. The van der Waals surface area contributed by atoms with Crippen molar-refractivity contribution in [3.8, 4) is 0 Å². The van der Waals surface area contributed by atoms with Crippen LogP contribution in [-0.4, -0.2) is 0 Å². The van der Waals surface area contributed by atoms with Gasteiger partial charge < -0.3 is 4.42 Å². The summed E-state index contributed by atoms with van der Waals surface area (Å²) in [7, 11) is 0. The zero-order valence-electron chi connectivity index (χ0n) is 11.8. The quantitative estimate of drug-likeness (QED) is 0.578. The lowest BCUT2D eigenvalue weighted by Crippen LogP contribution is -2.08. The highest BCUT2D eigenvalue weighted by molar-refractivity contribution is 6.04.